The van der Waals surface area contributed by atoms with Crippen molar-refractivity contribution in [1.29, 1.82) is 5.26 Å². The lowest BCUT2D eigenvalue weighted by Gasteiger charge is -2.12. The fourth-order valence-electron chi connectivity index (χ4n) is 1.72. The average molecular weight is 295 g/mol. The summed E-state index contributed by atoms with van der Waals surface area (Å²) >= 11 is 0. The Labute approximate surface area is 117 Å². The number of nitrogens with zero attached hydrogens (tertiary/aromatic N) is 3. The SMILES string of the molecule is N#CCn1cc(-c2cc(C=O)ccc2OC(F)(F)F)cn1. The number of ether oxygens (including phenoxy) is 1. The van der Waals surface area contributed by atoms with E-state index >= 15 is 0 Å². The number of hydrogen-bond donors (Lipinski definition) is 0. The summed E-state index contributed by atoms with van der Waals surface area (Å²) in [5.41, 5.74) is 0.585. The van der Waals surface area contributed by atoms with Crippen LogP contribution in [0.15, 0.2) is 30.6 Å². The molecule has 1 heterocycles. The Morgan fingerprint density at radius 3 is 2.81 bits per heavy atom. The molecule has 0 aliphatic heterocycles. The third-order valence-corrected chi connectivity index (χ3v) is 2.54. The first-order valence-corrected chi connectivity index (χ1v) is 5.67. The van der Waals surface area contributed by atoms with Crippen LogP contribution in [0.4, 0.5) is 13.2 Å². The van der Waals surface area contributed by atoms with E-state index < -0.39 is 12.1 Å². The summed E-state index contributed by atoms with van der Waals surface area (Å²) in [6.07, 6.45) is -1.64. The molecule has 2 rings (SSSR count). The Kier molecular flexibility index (Phi) is 3.93. The van der Waals surface area contributed by atoms with Crippen LogP contribution in [0.1, 0.15) is 10.4 Å². The van der Waals surface area contributed by atoms with Gasteiger partial charge < -0.3 is 4.74 Å². The van der Waals surface area contributed by atoms with Crippen LogP contribution in [-0.4, -0.2) is 22.4 Å². The fourth-order valence-corrected chi connectivity index (χ4v) is 1.72. The van der Waals surface area contributed by atoms with Crippen molar-refractivity contribution < 1.29 is 22.7 Å². The van der Waals surface area contributed by atoms with E-state index in [4.69, 9.17) is 5.26 Å². The van der Waals surface area contributed by atoms with Gasteiger partial charge in [-0.15, -0.1) is 13.2 Å². The second-order valence-electron chi connectivity index (χ2n) is 4.01. The maximum atomic E-state index is 12.4. The van der Waals surface area contributed by atoms with E-state index in [-0.39, 0.29) is 17.7 Å². The van der Waals surface area contributed by atoms with Crippen LogP contribution in [0.3, 0.4) is 0 Å². The zero-order valence-corrected chi connectivity index (χ0v) is 10.5. The van der Waals surface area contributed by atoms with Crippen LogP contribution >= 0.6 is 0 Å². The highest BCUT2D eigenvalue weighted by Gasteiger charge is 2.32. The largest absolute Gasteiger partial charge is 0.573 e. The van der Waals surface area contributed by atoms with Crippen LogP contribution in [0.2, 0.25) is 0 Å². The highest BCUT2D eigenvalue weighted by molar-refractivity contribution is 5.81. The van der Waals surface area contributed by atoms with E-state index in [0.717, 1.165) is 6.07 Å². The zero-order valence-electron chi connectivity index (χ0n) is 10.5. The summed E-state index contributed by atoms with van der Waals surface area (Å²) in [7, 11) is 0. The summed E-state index contributed by atoms with van der Waals surface area (Å²) < 4.78 is 42.4. The predicted octanol–water partition coefficient (Wildman–Crippen LogP) is 2.78. The van der Waals surface area contributed by atoms with E-state index in [1.165, 1.54) is 29.2 Å². The van der Waals surface area contributed by atoms with Gasteiger partial charge in [0.05, 0.1) is 12.3 Å². The van der Waals surface area contributed by atoms with Gasteiger partial charge in [0.15, 0.2) is 0 Å². The van der Waals surface area contributed by atoms with Crippen LogP contribution in [0.5, 0.6) is 5.75 Å². The number of hydrogen-bond acceptors (Lipinski definition) is 4. The monoisotopic (exact) mass is 295 g/mol. The molecule has 0 saturated carbocycles. The number of carbonyl (C=O) groups is 1. The number of rotatable bonds is 4. The van der Waals surface area contributed by atoms with Crippen molar-refractivity contribution in [1.82, 2.24) is 9.78 Å². The molecular weight excluding hydrogens is 287 g/mol. The van der Waals surface area contributed by atoms with Gasteiger partial charge in [-0.05, 0) is 18.2 Å². The molecule has 0 bridgehead atoms. The van der Waals surface area contributed by atoms with Crippen LogP contribution in [-0.2, 0) is 6.54 Å². The van der Waals surface area contributed by atoms with Gasteiger partial charge in [-0.3, -0.25) is 9.48 Å². The zero-order chi connectivity index (χ0) is 15.5. The first kappa shape index (κ1) is 14.6. The number of halogens is 3. The average Bonchev–Trinajstić information content (AvgIpc) is 2.86. The number of alkyl halides is 3. The summed E-state index contributed by atoms with van der Waals surface area (Å²) in [6.45, 7) is -0.0389. The molecule has 0 fully saturated rings. The Bertz CT molecular complexity index is 701. The second kappa shape index (κ2) is 5.66. The smallest absolute Gasteiger partial charge is 0.405 e. The van der Waals surface area contributed by atoms with Gasteiger partial charge in [0.25, 0.3) is 0 Å². The Balaban J connectivity index is 2.47. The topological polar surface area (TPSA) is 67.9 Å². The standard InChI is InChI=1S/C13H8F3N3O2/c14-13(15,16)21-12-2-1-9(8-20)5-11(12)10-6-18-19(7-10)4-3-17/h1-2,5-8H,4H2. The van der Waals surface area contributed by atoms with E-state index in [0.29, 0.717) is 11.8 Å². The molecule has 0 unspecified atom stereocenters. The molecule has 1 aromatic carbocycles. The van der Waals surface area contributed by atoms with Crippen molar-refractivity contribution in [2.75, 3.05) is 0 Å². The minimum absolute atomic E-state index is 0.0389. The van der Waals surface area contributed by atoms with Gasteiger partial charge in [-0.1, -0.05) is 0 Å². The van der Waals surface area contributed by atoms with E-state index in [2.05, 4.69) is 9.84 Å². The van der Waals surface area contributed by atoms with Gasteiger partial charge in [-0.25, -0.2) is 0 Å². The van der Waals surface area contributed by atoms with E-state index in [1.807, 2.05) is 6.07 Å². The molecular formula is C13H8F3N3O2. The summed E-state index contributed by atoms with van der Waals surface area (Å²) in [4.78, 5) is 10.8. The number of carbonyl (C=O) groups excluding carboxylic acids is 1. The highest BCUT2D eigenvalue weighted by atomic mass is 19.4. The predicted molar refractivity (Wildman–Crippen MR) is 65.3 cm³/mol. The minimum Gasteiger partial charge on any atom is -0.405 e. The maximum absolute atomic E-state index is 12.4. The second-order valence-corrected chi connectivity index (χ2v) is 4.01. The quantitative estimate of drug-likeness (QED) is 0.813. The van der Waals surface area contributed by atoms with E-state index in [9.17, 15) is 18.0 Å². The molecule has 0 radical (unpaired) electrons. The maximum Gasteiger partial charge on any atom is 0.573 e. The molecule has 108 valence electrons. The normalized spacial score (nSPS) is 11.0. The lowest BCUT2D eigenvalue weighted by molar-refractivity contribution is -0.274. The molecule has 2 aromatic rings. The highest BCUT2D eigenvalue weighted by Crippen LogP contribution is 2.34. The molecule has 1 aromatic heterocycles. The molecule has 0 spiro atoms. The van der Waals surface area contributed by atoms with Crippen molar-refractivity contribution in [2.45, 2.75) is 12.9 Å². The van der Waals surface area contributed by atoms with Crippen molar-refractivity contribution in [2.24, 2.45) is 0 Å². The lowest BCUT2D eigenvalue weighted by Crippen LogP contribution is -2.17. The van der Waals surface area contributed by atoms with Crippen LogP contribution < -0.4 is 4.74 Å². The minimum atomic E-state index is -4.85. The Morgan fingerprint density at radius 2 is 2.19 bits per heavy atom. The summed E-state index contributed by atoms with van der Waals surface area (Å²) in [5.74, 6) is -0.440. The third kappa shape index (κ3) is 3.60. The van der Waals surface area contributed by atoms with Crippen molar-refractivity contribution in [3.05, 3.63) is 36.2 Å². The lowest BCUT2D eigenvalue weighted by atomic mass is 10.1. The molecule has 0 aliphatic rings. The number of nitriles is 1. The van der Waals surface area contributed by atoms with Gasteiger partial charge in [0, 0.05) is 22.9 Å². The molecule has 0 N–H and O–H groups in total. The molecule has 0 saturated heterocycles. The third-order valence-electron chi connectivity index (χ3n) is 2.54. The van der Waals surface area contributed by atoms with E-state index in [1.54, 1.807) is 0 Å². The van der Waals surface area contributed by atoms with Crippen molar-refractivity contribution in [3.63, 3.8) is 0 Å². The molecule has 21 heavy (non-hydrogen) atoms. The Hall–Kier alpha value is -2.82. The number of aromatic nitrogens is 2. The molecule has 0 aliphatic carbocycles. The summed E-state index contributed by atoms with van der Waals surface area (Å²) in [5, 5.41) is 12.4. The molecule has 0 amide bonds. The van der Waals surface area contributed by atoms with Gasteiger partial charge >= 0.3 is 6.36 Å². The van der Waals surface area contributed by atoms with Crippen LogP contribution in [0.25, 0.3) is 11.1 Å². The van der Waals surface area contributed by atoms with Gasteiger partial charge in [0.1, 0.15) is 18.6 Å². The molecule has 5 nitrogen and oxygen atoms in total. The first-order chi connectivity index (χ1) is 9.93. The van der Waals surface area contributed by atoms with Crippen LogP contribution in [0, 0.1) is 11.3 Å². The van der Waals surface area contributed by atoms with Gasteiger partial charge in [0.2, 0.25) is 0 Å². The number of aldehydes is 1. The summed E-state index contributed by atoms with van der Waals surface area (Å²) in [6, 6.07) is 5.41. The number of benzene rings is 1. The van der Waals surface area contributed by atoms with Crippen molar-refractivity contribution >= 4 is 6.29 Å². The molecule has 0 atom stereocenters. The Morgan fingerprint density at radius 1 is 1.43 bits per heavy atom. The first-order valence-electron chi connectivity index (χ1n) is 5.67. The van der Waals surface area contributed by atoms with Gasteiger partial charge in [-0.2, -0.15) is 10.4 Å². The molecule has 8 heteroatoms. The fraction of sp³-hybridized carbons (Fsp3) is 0.154. The van der Waals surface area contributed by atoms with Crippen molar-refractivity contribution in [3.8, 4) is 22.9 Å².